The van der Waals surface area contributed by atoms with Crippen LogP contribution in [0.4, 0.5) is 11.4 Å². The van der Waals surface area contributed by atoms with Gasteiger partial charge in [0.15, 0.2) is 5.96 Å². The number of hydrogen-bond donors (Lipinski definition) is 1. The normalized spacial score (nSPS) is 11.7. The van der Waals surface area contributed by atoms with E-state index in [4.69, 9.17) is 5.73 Å². The number of guanidine groups is 1. The van der Waals surface area contributed by atoms with Crippen molar-refractivity contribution >= 4 is 28.1 Å². The van der Waals surface area contributed by atoms with Crippen molar-refractivity contribution in [3.8, 4) is 0 Å². The number of hydrogen-bond acceptors (Lipinski definition) is 1. The van der Waals surface area contributed by atoms with E-state index in [2.05, 4.69) is 66.5 Å². The van der Waals surface area contributed by atoms with Gasteiger partial charge in [0.2, 0.25) is 0 Å². The van der Waals surface area contributed by atoms with Crippen LogP contribution in [0.1, 0.15) is 12.5 Å². The minimum Gasteiger partial charge on any atom is -0.369 e. The number of aryl methyl sites for hydroxylation is 1. The van der Waals surface area contributed by atoms with E-state index < -0.39 is 0 Å². The van der Waals surface area contributed by atoms with Crippen LogP contribution in [0, 0.1) is 0 Å². The number of rotatable bonds is 3. The second-order valence-corrected chi connectivity index (χ2v) is 5.44. The summed E-state index contributed by atoms with van der Waals surface area (Å²) in [6, 6.07) is 23.0. The van der Waals surface area contributed by atoms with Crippen LogP contribution in [0.3, 0.4) is 0 Å². The van der Waals surface area contributed by atoms with Gasteiger partial charge < -0.3 is 5.73 Å². The lowest BCUT2D eigenvalue weighted by molar-refractivity contribution is 1.13. The molecule has 3 aromatic rings. The molecule has 0 saturated carbocycles. The molecule has 0 bridgehead atoms. The van der Waals surface area contributed by atoms with Crippen molar-refractivity contribution in [1.29, 1.82) is 0 Å². The fourth-order valence-electron chi connectivity index (χ4n) is 2.81. The Labute approximate surface area is 137 Å². The Morgan fingerprint density at radius 2 is 1.74 bits per heavy atom. The van der Waals surface area contributed by atoms with Crippen molar-refractivity contribution < 1.29 is 0 Å². The lowest BCUT2D eigenvalue weighted by atomic mass is 10.1. The Morgan fingerprint density at radius 1 is 1.00 bits per heavy atom. The van der Waals surface area contributed by atoms with Crippen LogP contribution >= 0.6 is 0 Å². The van der Waals surface area contributed by atoms with Crippen molar-refractivity contribution in [1.82, 2.24) is 0 Å². The Hall–Kier alpha value is -2.81. The first-order chi connectivity index (χ1) is 11.2. The number of nitrogens with zero attached hydrogens (tertiary/aromatic N) is 2. The molecule has 3 rings (SSSR count). The standard InChI is InChI=1S/C20H21N3/c1-3-15-8-6-11-17(14-15)23(20(21)22-2)19-13-7-10-16-9-4-5-12-18(16)19/h4-14H,3H2,1-2H3,(H2,21,22). The van der Waals surface area contributed by atoms with Crippen molar-refractivity contribution in [2.75, 3.05) is 11.9 Å². The molecule has 0 fully saturated rings. The van der Waals surface area contributed by atoms with Crippen LogP contribution in [-0.4, -0.2) is 13.0 Å². The van der Waals surface area contributed by atoms with E-state index in [1.807, 2.05) is 17.0 Å². The van der Waals surface area contributed by atoms with Crippen molar-refractivity contribution in [3.05, 3.63) is 72.3 Å². The molecule has 3 heteroatoms. The Morgan fingerprint density at radius 3 is 2.52 bits per heavy atom. The van der Waals surface area contributed by atoms with Crippen LogP contribution in [0.15, 0.2) is 71.7 Å². The Bertz CT molecular complexity index is 847. The van der Waals surface area contributed by atoms with Crippen LogP contribution in [0.2, 0.25) is 0 Å². The van der Waals surface area contributed by atoms with E-state index >= 15 is 0 Å². The Balaban J connectivity index is 2.23. The molecule has 0 heterocycles. The fourth-order valence-corrected chi connectivity index (χ4v) is 2.81. The van der Waals surface area contributed by atoms with Gasteiger partial charge in [0.25, 0.3) is 0 Å². The molecule has 0 aliphatic rings. The van der Waals surface area contributed by atoms with Gasteiger partial charge in [-0.2, -0.15) is 0 Å². The topological polar surface area (TPSA) is 41.6 Å². The molecule has 0 aromatic heterocycles. The Kier molecular flexibility index (Phi) is 4.29. The zero-order valence-corrected chi connectivity index (χ0v) is 13.5. The third-order valence-corrected chi connectivity index (χ3v) is 4.04. The second-order valence-electron chi connectivity index (χ2n) is 5.44. The SMILES string of the molecule is CCc1cccc(N(C(N)=NC)c2cccc3ccccc23)c1. The highest BCUT2D eigenvalue weighted by Crippen LogP contribution is 2.32. The third kappa shape index (κ3) is 2.90. The summed E-state index contributed by atoms with van der Waals surface area (Å²) in [5, 5.41) is 2.34. The third-order valence-electron chi connectivity index (χ3n) is 4.04. The zero-order chi connectivity index (χ0) is 16.2. The van der Waals surface area contributed by atoms with Gasteiger partial charge in [-0.1, -0.05) is 55.5 Å². The molecule has 0 unspecified atom stereocenters. The van der Waals surface area contributed by atoms with Crippen molar-refractivity contribution in [2.45, 2.75) is 13.3 Å². The first kappa shape index (κ1) is 15.1. The average Bonchev–Trinajstić information content (AvgIpc) is 2.62. The van der Waals surface area contributed by atoms with Gasteiger partial charge in [0.05, 0.1) is 5.69 Å². The summed E-state index contributed by atoms with van der Waals surface area (Å²) in [6.45, 7) is 2.15. The molecule has 3 nitrogen and oxygen atoms in total. The van der Waals surface area contributed by atoms with Gasteiger partial charge in [-0.25, -0.2) is 0 Å². The van der Waals surface area contributed by atoms with E-state index in [1.165, 1.54) is 10.9 Å². The monoisotopic (exact) mass is 303 g/mol. The van der Waals surface area contributed by atoms with E-state index in [0.717, 1.165) is 23.2 Å². The van der Waals surface area contributed by atoms with E-state index in [9.17, 15) is 0 Å². The molecule has 0 saturated heterocycles. The number of aliphatic imine (C=N–C) groups is 1. The van der Waals surface area contributed by atoms with Crippen LogP contribution in [0.5, 0.6) is 0 Å². The highest BCUT2D eigenvalue weighted by atomic mass is 15.3. The number of nitrogens with two attached hydrogens (primary N) is 1. The maximum atomic E-state index is 6.24. The summed E-state index contributed by atoms with van der Waals surface area (Å²) >= 11 is 0. The summed E-state index contributed by atoms with van der Waals surface area (Å²) in [5.74, 6) is 0.481. The second kappa shape index (κ2) is 6.53. The molecule has 0 aliphatic carbocycles. The first-order valence-corrected chi connectivity index (χ1v) is 7.83. The largest absolute Gasteiger partial charge is 0.369 e. The summed E-state index contributed by atoms with van der Waals surface area (Å²) in [6.07, 6.45) is 0.986. The smallest absolute Gasteiger partial charge is 0.200 e. The molecule has 0 amide bonds. The highest BCUT2D eigenvalue weighted by molar-refractivity contribution is 6.09. The lowest BCUT2D eigenvalue weighted by Crippen LogP contribution is -2.33. The van der Waals surface area contributed by atoms with E-state index in [-0.39, 0.29) is 0 Å². The minimum atomic E-state index is 0.481. The molecule has 0 spiro atoms. The van der Waals surface area contributed by atoms with Crippen molar-refractivity contribution in [3.63, 3.8) is 0 Å². The van der Waals surface area contributed by atoms with Gasteiger partial charge in [0.1, 0.15) is 0 Å². The van der Waals surface area contributed by atoms with E-state index in [0.29, 0.717) is 5.96 Å². The lowest BCUT2D eigenvalue weighted by Gasteiger charge is -2.25. The summed E-state index contributed by atoms with van der Waals surface area (Å²) in [7, 11) is 1.72. The van der Waals surface area contributed by atoms with Crippen LogP contribution in [0.25, 0.3) is 10.8 Å². The number of fused-ring (bicyclic) bond motifs is 1. The van der Waals surface area contributed by atoms with E-state index in [1.54, 1.807) is 7.05 Å². The summed E-state index contributed by atoms with van der Waals surface area (Å²) < 4.78 is 0. The van der Waals surface area contributed by atoms with Crippen LogP contribution in [-0.2, 0) is 6.42 Å². The molecule has 23 heavy (non-hydrogen) atoms. The number of benzene rings is 3. The van der Waals surface area contributed by atoms with Gasteiger partial charge >= 0.3 is 0 Å². The van der Waals surface area contributed by atoms with Gasteiger partial charge in [-0.3, -0.25) is 9.89 Å². The molecule has 0 aliphatic heterocycles. The molecular weight excluding hydrogens is 282 g/mol. The van der Waals surface area contributed by atoms with Crippen LogP contribution < -0.4 is 10.6 Å². The first-order valence-electron chi connectivity index (χ1n) is 7.83. The molecule has 116 valence electrons. The fraction of sp³-hybridized carbons (Fsp3) is 0.150. The molecule has 2 N–H and O–H groups in total. The maximum absolute atomic E-state index is 6.24. The molecule has 0 radical (unpaired) electrons. The van der Waals surface area contributed by atoms with Gasteiger partial charge in [-0.15, -0.1) is 0 Å². The van der Waals surface area contributed by atoms with Gasteiger partial charge in [-0.05, 0) is 35.6 Å². The zero-order valence-electron chi connectivity index (χ0n) is 13.5. The number of anilines is 2. The summed E-state index contributed by atoms with van der Waals surface area (Å²) in [5.41, 5.74) is 9.59. The average molecular weight is 303 g/mol. The predicted octanol–water partition coefficient (Wildman–Crippen LogP) is 4.48. The maximum Gasteiger partial charge on any atom is 0.200 e. The highest BCUT2D eigenvalue weighted by Gasteiger charge is 2.16. The van der Waals surface area contributed by atoms with Gasteiger partial charge in [0, 0.05) is 18.1 Å². The molecule has 3 aromatic carbocycles. The van der Waals surface area contributed by atoms with Crippen molar-refractivity contribution in [2.24, 2.45) is 10.7 Å². The summed E-state index contributed by atoms with van der Waals surface area (Å²) in [4.78, 5) is 6.24. The molecular formula is C20H21N3. The molecule has 0 atom stereocenters. The minimum absolute atomic E-state index is 0.481. The predicted molar refractivity (Wildman–Crippen MR) is 99.5 cm³/mol. The quantitative estimate of drug-likeness (QED) is 0.572.